The van der Waals surface area contributed by atoms with Crippen molar-refractivity contribution in [2.75, 3.05) is 5.43 Å². The molecule has 2 rings (SSSR count). The molecule has 112 valence electrons. The third-order valence-corrected chi connectivity index (χ3v) is 3.40. The fraction of sp³-hybridized carbons (Fsp3) is 0.333. The Labute approximate surface area is 129 Å². The van der Waals surface area contributed by atoms with E-state index in [1.807, 2.05) is 39.8 Å². The number of ether oxygens (including phenoxy) is 1. The Morgan fingerprint density at radius 3 is 2.33 bits per heavy atom. The van der Waals surface area contributed by atoms with Crippen molar-refractivity contribution in [1.82, 2.24) is 9.97 Å². The lowest BCUT2D eigenvalue weighted by atomic mass is 10.1. The number of aryl methyl sites for hydroxylation is 2. The maximum atomic E-state index is 6.05. The first kappa shape index (κ1) is 15.5. The van der Waals surface area contributed by atoms with Gasteiger partial charge in [-0.15, -0.1) is 0 Å². The second-order valence-electron chi connectivity index (χ2n) is 5.21. The second kappa shape index (κ2) is 6.28. The first-order valence-electron chi connectivity index (χ1n) is 6.70. The van der Waals surface area contributed by atoms with Crippen molar-refractivity contribution in [3.05, 3.63) is 40.2 Å². The van der Waals surface area contributed by atoms with Gasteiger partial charge in [-0.05, 0) is 43.0 Å². The number of nitrogens with two attached hydrogens (primary N) is 1. The molecule has 2 aromatic rings. The van der Waals surface area contributed by atoms with Crippen LogP contribution >= 0.6 is 11.6 Å². The number of anilines is 1. The zero-order valence-electron chi connectivity index (χ0n) is 12.6. The van der Waals surface area contributed by atoms with Gasteiger partial charge >= 0.3 is 0 Å². The van der Waals surface area contributed by atoms with Gasteiger partial charge in [0.05, 0.1) is 5.56 Å². The molecule has 0 atom stereocenters. The third-order valence-electron chi connectivity index (χ3n) is 3.19. The van der Waals surface area contributed by atoms with Crippen LogP contribution in [0, 0.1) is 13.8 Å². The molecule has 0 fully saturated rings. The van der Waals surface area contributed by atoms with E-state index in [-0.39, 0.29) is 5.92 Å². The average molecular weight is 307 g/mol. The summed E-state index contributed by atoms with van der Waals surface area (Å²) in [5, 5.41) is 0.688. The van der Waals surface area contributed by atoms with Crippen molar-refractivity contribution in [3.63, 3.8) is 0 Å². The number of benzene rings is 1. The maximum absolute atomic E-state index is 6.05. The van der Waals surface area contributed by atoms with Crippen LogP contribution < -0.4 is 16.0 Å². The van der Waals surface area contributed by atoms with Crippen LogP contribution in [0.3, 0.4) is 0 Å². The Hall–Kier alpha value is -1.85. The molecule has 1 aromatic heterocycles. The molecule has 0 radical (unpaired) electrons. The van der Waals surface area contributed by atoms with Crippen molar-refractivity contribution >= 4 is 17.4 Å². The molecule has 0 aliphatic heterocycles. The minimum absolute atomic E-state index is 0.167. The summed E-state index contributed by atoms with van der Waals surface area (Å²) in [7, 11) is 0. The zero-order chi connectivity index (χ0) is 15.6. The lowest BCUT2D eigenvalue weighted by molar-refractivity contribution is 0.445. The Morgan fingerprint density at radius 2 is 1.81 bits per heavy atom. The molecule has 1 aromatic carbocycles. The fourth-order valence-corrected chi connectivity index (χ4v) is 2.58. The normalized spacial score (nSPS) is 10.8. The monoisotopic (exact) mass is 306 g/mol. The minimum atomic E-state index is 0.167. The van der Waals surface area contributed by atoms with E-state index in [0.29, 0.717) is 16.7 Å². The van der Waals surface area contributed by atoms with E-state index in [4.69, 9.17) is 22.2 Å². The number of hydrogen-bond donors (Lipinski definition) is 2. The van der Waals surface area contributed by atoms with Gasteiger partial charge in [0.25, 0.3) is 0 Å². The number of aromatic nitrogens is 2. The molecule has 0 aliphatic carbocycles. The van der Waals surface area contributed by atoms with Gasteiger partial charge in [-0.25, -0.2) is 15.8 Å². The number of rotatable bonds is 4. The predicted molar refractivity (Wildman–Crippen MR) is 84.9 cm³/mol. The Morgan fingerprint density at radius 1 is 1.19 bits per heavy atom. The number of hydrazine groups is 1. The van der Waals surface area contributed by atoms with E-state index >= 15 is 0 Å². The van der Waals surface area contributed by atoms with Crippen LogP contribution in [0.25, 0.3) is 0 Å². The molecule has 0 aliphatic rings. The molecule has 0 saturated carbocycles. The minimum Gasteiger partial charge on any atom is -0.438 e. The lowest BCUT2D eigenvalue weighted by Crippen LogP contribution is -2.13. The third kappa shape index (κ3) is 3.25. The average Bonchev–Trinajstić information content (AvgIpc) is 2.42. The molecule has 1 heterocycles. The fourth-order valence-electron chi connectivity index (χ4n) is 2.25. The van der Waals surface area contributed by atoms with Gasteiger partial charge in [0.2, 0.25) is 5.88 Å². The van der Waals surface area contributed by atoms with Crippen LogP contribution in [0.2, 0.25) is 5.02 Å². The molecule has 5 nitrogen and oxygen atoms in total. The number of halogens is 1. The highest BCUT2D eigenvalue weighted by atomic mass is 35.5. The maximum Gasteiger partial charge on any atom is 0.227 e. The summed E-state index contributed by atoms with van der Waals surface area (Å²) < 4.78 is 6.02. The summed E-state index contributed by atoms with van der Waals surface area (Å²) in [5.41, 5.74) is 5.34. The Balaban J connectivity index is 2.50. The van der Waals surface area contributed by atoms with Crippen molar-refractivity contribution in [1.29, 1.82) is 0 Å². The quantitative estimate of drug-likeness (QED) is 0.661. The number of nitrogen functional groups attached to an aromatic ring is 1. The molecule has 3 N–H and O–H groups in total. The van der Waals surface area contributed by atoms with Crippen LogP contribution in [0.5, 0.6) is 11.6 Å². The van der Waals surface area contributed by atoms with E-state index < -0.39 is 0 Å². The largest absolute Gasteiger partial charge is 0.438 e. The smallest absolute Gasteiger partial charge is 0.227 e. The molecule has 0 unspecified atom stereocenters. The second-order valence-corrected chi connectivity index (χ2v) is 5.65. The highest BCUT2D eigenvalue weighted by Gasteiger charge is 2.18. The van der Waals surface area contributed by atoms with E-state index in [9.17, 15) is 0 Å². The summed E-state index contributed by atoms with van der Waals surface area (Å²) >= 11 is 6.05. The van der Waals surface area contributed by atoms with E-state index in [0.717, 1.165) is 22.4 Å². The highest BCUT2D eigenvalue weighted by Crippen LogP contribution is 2.36. The zero-order valence-corrected chi connectivity index (χ0v) is 13.3. The summed E-state index contributed by atoms with van der Waals surface area (Å²) in [4.78, 5) is 8.38. The summed E-state index contributed by atoms with van der Waals surface area (Å²) in [6.07, 6.45) is 1.43. The summed E-state index contributed by atoms with van der Waals surface area (Å²) in [6, 6.07) is 3.73. The van der Waals surface area contributed by atoms with Crippen LogP contribution in [0.15, 0.2) is 18.5 Å². The van der Waals surface area contributed by atoms with Crippen molar-refractivity contribution in [3.8, 4) is 11.6 Å². The molecule has 0 spiro atoms. The molecule has 0 saturated heterocycles. The highest BCUT2D eigenvalue weighted by molar-refractivity contribution is 6.30. The van der Waals surface area contributed by atoms with Crippen molar-refractivity contribution < 1.29 is 4.74 Å². The predicted octanol–water partition coefficient (Wildman–Crippen LogP) is 3.95. The van der Waals surface area contributed by atoms with Gasteiger partial charge in [-0.3, -0.25) is 0 Å². The van der Waals surface area contributed by atoms with Gasteiger partial charge < -0.3 is 10.2 Å². The Kier molecular flexibility index (Phi) is 4.65. The molecule has 0 amide bonds. The lowest BCUT2D eigenvalue weighted by Gasteiger charge is -2.17. The Bertz CT molecular complexity index is 635. The standard InChI is InChI=1S/C15H19ClN4O/c1-8(2)12-14(20-17)18-7-19-15(12)21-13-9(3)5-11(16)6-10(13)4/h5-8H,17H2,1-4H3,(H,18,19,20). The van der Waals surface area contributed by atoms with E-state index in [1.54, 1.807) is 0 Å². The summed E-state index contributed by atoms with van der Waals surface area (Å²) in [5.74, 6) is 7.51. The molecular formula is C15H19ClN4O. The van der Waals surface area contributed by atoms with Gasteiger partial charge in [0.15, 0.2) is 5.82 Å². The van der Waals surface area contributed by atoms with Crippen molar-refractivity contribution in [2.45, 2.75) is 33.6 Å². The first-order chi connectivity index (χ1) is 9.93. The number of nitrogens with one attached hydrogen (secondary N) is 1. The van der Waals surface area contributed by atoms with Gasteiger partial charge in [0.1, 0.15) is 12.1 Å². The molecule has 6 heteroatoms. The SMILES string of the molecule is Cc1cc(Cl)cc(C)c1Oc1ncnc(NN)c1C(C)C. The van der Waals surface area contributed by atoms with Crippen LogP contribution in [0.4, 0.5) is 5.82 Å². The molecule has 0 bridgehead atoms. The van der Waals surface area contributed by atoms with Gasteiger partial charge in [0, 0.05) is 5.02 Å². The van der Waals surface area contributed by atoms with Gasteiger partial charge in [-0.2, -0.15) is 0 Å². The molecule has 21 heavy (non-hydrogen) atoms. The number of nitrogens with zero attached hydrogens (tertiary/aromatic N) is 2. The molecular weight excluding hydrogens is 288 g/mol. The first-order valence-corrected chi connectivity index (χ1v) is 7.08. The summed E-state index contributed by atoms with van der Waals surface area (Å²) in [6.45, 7) is 7.97. The topological polar surface area (TPSA) is 73.1 Å². The van der Waals surface area contributed by atoms with Crippen LogP contribution in [0.1, 0.15) is 36.5 Å². The van der Waals surface area contributed by atoms with E-state index in [1.165, 1.54) is 6.33 Å². The number of hydrogen-bond acceptors (Lipinski definition) is 5. The van der Waals surface area contributed by atoms with E-state index in [2.05, 4.69) is 15.4 Å². The van der Waals surface area contributed by atoms with Crippen LogP contribution in [-0.4, -0.2) is 9.97 Å². The van der Waals surface area contributed by atoms with Crippen LogP contribution in [-0.2, 0) is 0 Å². The van der Waals surface area contributed by atoms with Gasteiger partial charge in [-0.1, -0.05) is 25.4 Å². The van der Waals surface area contributed by atoms with Crippen molar-refractivity contribution in [2.24, 2.45) is 5.84 Å².